The molecule has 1 rings (SSSR count). The molecule has 0 heterocycles. The molecule has 0 aliphatic heterocycles. The predicted molar refractivity (Wildman–Crippen MR) is 49.3 cm³/mol. The Balaban J connectivity index is 2.40. The average Bonchev–Trinajstić information content (AvgIpc) is 2.23. The van der Waals surface area contributed by atoms with Gasteiger partial charge in [-0.05, 0) is 12.1 Å². The highest BCUT2D eigenvalue weighted by Crippen LogP contribution is 2.17. The number of carbonyl (C=O) groups is 1. The van der Waals surface area contributed by atoms with Crippen molar-refractivity contribution in [2.45, 2.75) is 6.36 Å². The Kier molecular flexibility index (Phi) is 4.30. The molecule has 16 heavy (non-hydrogen) atoms. The van der Waals surface area contributed by atoms with Crippen LogP contribution in [0.15, 0.2) is 24.3 Å². The van der Waals surface area contributed by atoms with E-state index in [2.05, 4.69) is 4.74 Å². The van der Waals surface area contributed by atoms with Crippen LogP contribution in [0.3, 0.4) is 0 Å². The van der Waals surface area contributed by atoms with E-state index in [1.807, 2.05) is 0 Å². The minimum atomic E-state index is -4.66. The van der Waals surface area contributed by atoms with Crippen molar-refractivity contribution >= 4 is 6.29 Å². The standard InChI is InChI=1S/C10H9F3O3/c11-10(12,13)16-6-5-15-9-4-2-1-3-8(9)7-14/h1-4,7H,5-6H2. The van der Waals surface area contributed by atoms with E-state index >= 15 is 0 Å². The minimum Gasteiger partial charge on any atom is -0.490 e. The number of alkyl halides is 3. The topological polar surface area (TPSA) is 35.5 Å². The van der Waals surface area contributed by atoms with Crippen LogP contribution in [0.5, 0.6) is 5.75 Å². The molecule has 0 atom stereocenters. The van der Waals surface area contributed by atoms with E-state index in [1.54, 1.807) is 12.1 Å². The van der Waals surface area contributed by atoms with Gasteiger partial charge >= 0.3 is 6.36 Å². The highest BCUT2D eigenvalue weighted by Gasteiger charge is 2.28. The molecule has 88 valence electrons. The van der Waals surface area contributed by atoms with Crippen LogP contribution in [-0.4, -0.2) is 25.9 Å². The highest BCUT2D eigenvalue weighted by molar-refractivity contribution is 5.79. The van der Waals surface area contributed by atoms with E-state index in [1.165, 1.54) is 12.1 Å². The van der Waals surface area contributed by atoms with Gasteiger partial charge in [-0.25, -0.2) is 0 Å². The third-order valence-corrected chi connectivity index (χ3v) is 1.65. The summed E-state index contributed by atoms with van der Waals surface area (Å²) in [4.78, 5) is 10.5. The second-order valence-electron chi connectivity index (χ2n) is 2.80. The molecule has 0 aliphatic carbocycles. The normalized spacial score (nSPS) is 11.2. The number of para-hydroxylation sites is 1. The number of rotatable bonds is 5. The van der Waals surface area contributed by atoms with Gasteiger partial charge in [0.25, 0.3) is 0 Å². The largest absolute Gasteiger partial charge is 0.522 e. The van der Waals surface area contributed by atoms with Crippen LogP contribution in [0.4, 0.5) is 13.2 Å². The smallest absolute Gasteiger partial charge is 0.490 e. The quantitative estimate of drug-likeness (QED) is 0.579. The first-order valence-electron chi connectivity index (χ1n) is 4.40. The maximum absolute atomic E-state index is 11.6. The molecule has 0 aliphatic rings. The molecule has 1 aromatic rings. The van der Waals surface area contributed by atoms with E-state index in [0.29, 0.717) is 6.29 Å². The Bertz CT molecular complexity index is 349. The number of hydrogen-bond donors (Lipinski definition) is 0. The summed E-state index contributed by atoms with van der Waals surface area (Å²) in [6.45, 7) is -0.888. The molecule has 0 aromatic heterocycles. The first-order valence-corrected chi connectivity index (χ1v) is 4.40. The summed E-state index contributed by atoms with van der Waals surface area (Å²) in [5.74, 6) is 0.239. The Morgan fingerprint density at radius 3 is 2.50 bits per heavy atom. The third kappa shape index (κ3) is 4.31. The van der Waals surface area contributed by atoms with E-state index in [0.717, 1.165) is 0 Å². The van der Waals surface area contributed by atoms with Crippen molar-refractivity contribution in [2.24, 2.45) is 0 Å². The highest BCUT2D eigenvalue weighted by atomic mass is 19.4. The number of aldehydes is 1. The Morgan fingerprint density at radius 2 is 1.88 bits per heavy atom. The van der Waals surface area contributed by atoms with Crippen LogP contribution < -0.4 is 4.74 Å². The van der Waals surface area contributed by atoms with Crippen LogP contribution in [0.1, 0.15) is 10.4 Å². The van der Waals surface area contributed by atoms with Crippen molar-refractivity contribution in [1.29, 1.82) is 0 Å². The number of halogens is 3. The summed E-state index contributed by atoms with van der Waals surface area (Å²) in [7, 11) is 0. The molecule has 6 heteroatoms. The minimum absolute atomic E-state index is 0.239. The van der Waals surface area contributed by atoms with Crippen molar-refractivity contribution in [1.82, 2.24) is 0 Å². The molecule has 3 nitrogen and oxygen atoms in total. The fourth-order valence-electron chi connectivity index (χ4n) is 1.02. The van der Waals surface area contributed by atoms with E-state index in [4.69, 9.17) is 4.74 Å². The van der Waals surface area contributed by atoms with Crippen LogP contribution in [0.25, 0.3) is 0 Å². The van der Waals surface area contributed by atoms with Gasteiger partial charge in [0, 0.05) is 0 Å². The van der Waals surface area contributed by atoms with Gasteiger partial charge < -0.3 is 4.74 Å². The summed E-state index contributed by atoms with van der Waals surface area (Å²) in [6.07, 6.45) is -4.09. The molecule has 0 radical (unpaired) electrons. The van der Waals surface area contributed by atoms with Crippen molar-refractivity contribution < 1.29 is 27.4 Å². The lowest BCUT2D eigenvalue weighted by molar-refractivity contribution is -0.325. The van der Waals surface area contributed by atoms with E-state index in [-0.39, 0.29) is 17.9 Å². The lowest BCUT2D eigenvalue weighted by Gasteiger charge is -2.09. The van der Waals surface area contributed by atoms with Crippen LogP contribution in [0, 0.1) is 0 Å². The molecule has 1 aromatic carbocycles. The third-order valence-electron chi connectivity index (χ3n) is 1.65. The second-order valence-corrected chi connectivity index (χ2v) is 2.80. The van der Waals surface area contributed by atoms with Gasteiger partial charge in [0.05, 0.1) is 12.2 Å². The summed E-state index contributed by atoms with van der Waals surface area (Å²) >= 11 is 0. The lowest BCUT2D eigenvalue weighted by Crippen LogP contribution is -2.18. The Hall–Kier alpha value is -1.56. The molecule has 0 saturated carbocycles. The van der Waals surface area contributed by atoms with Crippen LogP contribution in [0.2, 0.25) is 0 Å². The summed E-state index contributed by atoms with van der Waals surface area (Å²) < 4.78 is 43.3. The van der Waals surface area contributed by atoms with Crippen molar-refractivity contribution in [3.8, 4) is 5.75 Å². The maximum atomic E-state index is 11.6. The molecular formula is C10H9F3O3. The monoisotopic (exact) mass is 234 g/mol. The molecule has 0 bridgehead atoms. The summed E-state index contributed by atoms with van der Waals surface area (Å²) in [5, 5.41) is 0. The van der Waals surface area contributed by atoms with E-state index in [9.17, 15) is 18.0 Å². The Labute approximate surface area is 89.8 Å². The summed E-state index contributed by atoms with van der Waals surface area (Å²) in [6, 6.07) is 6.25. The van der Waals surface area contributed by atoms with Gasteiger partial charge in [-0.3, -0.25) is 9.53 Å². The molecule has 0 fully saturated rings. The molecule has 0 saturated heterocycles. The van der Waals surface area contributed by atoms with Crippen LogP contribution >= 0.6 is 0 Å². The van der Waals surface area contributed by atoms with E-state index < -0.39 is 13.0 Å². The Morgan fingerprint density at radius 1 is 1.19 bits per heavy atom. The average molecular weight is 234 g/mol. The number of hydrogen-bond acceptors (Lipinski definition) is 3. The van der Waals surface area contributed by atoms with Crippen LogP contribution in [-0.2, 0) is 4.74 Å². The zero-order valence-corrected chi connectivity index (χ0v) is 8.16. The van der Waals surface area contributed by atoms with Gasteiger partial charge in [0.1, 0.15) is 12.4 Å². The van der Waals surface area contributed by atoms with Gasteiger partial charge in [0.15, 0.2) is 6.29 Å². The molecular weight excluding hydrogens is 225 g/mol. The van der Waals surface area contributed by atoms with Gasteiger partial charge in [-0.15, -0.1) is 13.2 Å². The summed E-state index contributed by atoms with van der Waals surface area (Å²) in [5.41, 5.74) is 0.287. The predicted octanol–water partition coefficient (Wildman–Crippen LogP) is 2.41. The first kappa shape index (κ1) is 12.5. The molecule has 0 unspecified atom stereocenters. The second kappa shape index (κ2) is 5.50. The number of carbonyl (C=O) groups excluding carboxylic acids is 1. The van der Waals surface area contributed by atoms with Crippen molar-refractivity contribution in [3.63, 3.8) is 0 Å². The van der Waals surface area contributed by atoms with Crippen molar-refractivity contribution in [3.05, 3.63) is 29.8 Å². The fraction of sp³-hybridized carbons (Fsp3) is 0.300. The zero-order chi connectivity index (χ0) is 12.0. The first-order chi connectivity index (χ1) is 7.53. The van der Waals surface area contributed by atoms with Gasteiger partial charge in [0.2, 0.25) is 0 Å². The molecule has 0 N–H and O–H groups in total. The molecule has 0 spiro atoms. The fourth-order valence-corrected chi connectivity index (χ4v) is 1.02. The molecule has 0 amide bonds. The SMILES string of the molecule is O=Cc1ccccc1OCCOC(F)(F)F. The van der Waals surface area contributed by atoms with Crippen molar-refractivity contribution in [2.75, 3.05) is 13.2 Å². The van der Waals surface area contributed by atoms with Gasteiger partial charge in [-0.1, -0.05) is 12.1 Å². The number of ether oxygens (including phenoxy) is 2. The maximum Gasteiger partial charge on any atom is 0.522 e. The van der Waals surface area contributed by atoms with Gasteiger partial charge in [-0.2, -0.15) is 0 Å². The lowest BCUT2D eigenvalue weighted by atomic mass is 10.2. The zero-order valence-electron chi connectivity index (χ0n) is 8.16. The number of benzene rings is 1.